The number of esters is 1. The molecule has 4 nitrogen and oxygen atoms in total. The number of hydrogen-bond acceptors (Lipinski definition) is 3. The summed E-state index contributed by atoms with van der Waals surface area (Å²) in [5, 5.41) is 2.32. The third kappa shape index (κ3) is 7.71. The van der Waals surface area contributed by atoms with Crippen molar-refractivity contribution in [3.63, 3.8) is 0 Å². The molecule has 0 spiro atoms. The summed E-state index contributed by atoms with van der Waals surface area (Å²) in [6.07, 6.45) is 6.01. The third-order valence-electron chi connectivity index (χ3n) is 3.84. The summed E-state index contributed by atoms with van der Waals surface area (Å²) in [6.45, 7) is 2.37. The highest BCUT2D eigenvalue weighted by atomic mass is 19.3. The lowest BCUT2D eigenvalue weighted by Crippen LogP contribution is -2.40. The molecular formula is C16H27F2NO3. The number of cyclic esters (lactones) is 1. The minimum atomic E-state index is -3.00. The van der Waals surface area contributed by atoms with E-state index in [9.17, 15) is 18.4 Å². The molecule has 1 fully saturated rings. The number of hydrogen-bond donors (Lipinski definition) is 1. The summed E-state index contributed by atoms with van der Waals surface area (Å²) in [4.78, 5) is 22.7. The van der Waals surface area contributed by atoms with Crippen LogP contribution in [0.3, 0.4) is 0 Å². The first-order valence-corrected chi connectivity index (χ1v) is 8.28. The Labute approximate surface area is 131 Å². The van der Waals surface area contributed by atoms with Crippen molar-refractivity contribution in [2.24, 2.45) is 0 Å². The SMILES string of the molecule is CCCCCCCCCC(F)(F)CC(=O)N[C@H]1CCOC1=O. The van der Waals surface area contributed by atoms with Gasteiger partial charge in [-0.3, -0.25) is 4.79 Å². The highest BCUT2D eigenvalue weighted by molar-refractivity contribution is 5.85. The van der Waals surface area contributed by atoms with Crippen molar-refractivity contribution in [1.82, 2.24) is 5.32 Å². The molecule has 0 aliphatic carbocycles. The van der Waals surface area contributed by atoms with Gasteiger partial charge >= 0.3 is 5.97 Å². The van der Waals surface area contributed by atoms with Crippen LogP contribution in [0.2, 0.25) is 0 Å². The molecule has 1 saturated heterocycles. The number of unbranched alkanes of at least 4 members (excludes halogenated alkanes) is 6. The van der Waals surface area contributed by atoms with E-state index in [-0.39, 0.29) is 13.0 Å². The van der Waals surface area contributed by atoms with Crippen LogP contribution >= 0.6 is 0 Å². The smallest absolute Gasteiger partial charge is 0.328 e. The number of halogens is 2. The van der Waals surface area contributed by atoms with Crippen LogP contribution in [0.25, 0.3) is 0 Å². The standard InChI is InChI=1S/C16H27F2NO3/c1-2-3-4-5-6-7-8-10-16(17,18)12-14(20)19-13-9-11-22-15(13)21/h13H,2-12H2,1H3,(H,19,20)/t13-/m0/s1. The van der Waals surface area contributed by atoms with Crippen LogP contribution in [0.5, 0.6) is 0 Å². The Morgan fingerprint density at radius 2 is 1.86 bits per heavy atom. The summed E-state index contributed by atoms with van der Waals surface area (Å²) in [5.74, 6) is -4.32. The lowest BCUT2D eigenvalue weighted by molar-refractivity contribution is -0.142. The van der Waals surface area contributed by atoms with Crippen LogP contribution < -0.4 is 5.32 Å². The average molecular weight is 319 g/mol. The maximum atomic E-state index is 13.7. The van der Waals surface area contributed by atoms with Crippen LogP contribution in [0.4, 0.5) is 8.78 Å². The Hall–Kier alpha value is -1.20. The number of rotatable bonds is 11. The molecule has 6 heteroatoms. The second-order valence-corrected chi connectivity index (χ2v) is 5.98. The number of alkyl halides is 2. The van der Waals surface area contributed by atoms with Crippen molar-refractivity contribution in [2.75, 3.05) is 6.61 Å². The van der Waals surface area contributed by atoms with Gasteiger partial charge < -0.3 is 10.1 Å². The second kappa shape index (κ2) is 9.74. The van der Waals surface area contributed by atoms with Gasteiger partial charge in [0.25, 0.3) is 5.92 Å². The van der Waals surface area contributed by atoms with E-state index in [4.69, 9.17) is 0 Å². The number of carbonyl (C=O) groups is 2. The van der Waals surface area contributed by atoms with E-state index in [1.54, 1.807) is 0 Å². The minimum Gasteiger partial charge on any atom is -0.464 e. The minimum absolute atomic E-state index is 0.234. The fourth-order valence-corrected chi connectivity index (χ4v) is 2.54. The van der Waals surface area contributed by atoms with Gasteiger partial charge in [0.05, 0.1) is 13.0 Å². The number of nitrogens with one attached hydrogen (secondary N) is 1. The van der Waals surface area contributed by atoms with Crippen LogP contribution in [0.15, 0.2) is 0 Å². The normalized spacial score (nSPS) is 18.3. The number of carbonyl (C=O) groups excluding carboxylic acids is 2. The van der Waals surface area contributed by atoms with Gasteiger partial charge in [-0.25, -0.2) is 13.6 Å². The summed E-state index contributed by atoms with van der Waals surface area (Å²) in [6, 6.07) is -0.762. The lowest BCUT2D eigenvalue weighted by Gasteiger charge is -2.17. The summed E-state index contributed by atoms with van der Waals surface area (Å²) in [7, 11) is 0. The van der Waals surface area contributed by atoms with Gasteiger partial charge in [0, 0.05) is 12.8 Å². The molecule has 1 aliphatic heterocycles. The van der Waals surface area contributed by atoms with Crippen molar-refractivity contribution in [1.29, 1.82) is 0 Å². The van der Waals surface area contributed by atoms with Crippen molar-refractivity contribution >= 4 is 11.9 Å². The maximum Gasteiger partial charge on any atom is 0.328 e. The molecule has 0 saturated carbocycles. The molecular weight excluding hydrogens is 292 g/mol. The molecule has 0 aromatic heterocycles. The zero-order valence-electron chi connectivity index (χ0n) is 13.3. The van der Waals surface area contributed by atoms with E-state index in [1.807, 2.05) is 0 Å². The molecule has 1 rings (SSSR count). The zero-order valence-corrected chi connectivity index (χ0v) is 13.3. The van der Waals surface area contributed by atoms with Crippen LogP contribution in [-0.4, -0.2) is 30.4 Å². The summed E-state index contributed by atoms with van der Waals surface area (Å²) >= 11 is 0. The molecule has 1 heterocycles. The zero-order chi connectivity index (χ0) is 16.4. The third-order valence-corrected chi connectivity index (χ3v) is 3.84. The Balaban J connectivity index is 2.14. The predicted molar refractivity (Wildman–Crippen MR) is 79.7 cm³/mol. The molecule has 0 aromatic carbocycles. The van der Waals surface area contributed by atoms with Gasteiger partial charge in [-0.1, -0.05) is 45.4 Å². The predicted octanol–water partition coefficient (Wildman–Crippen LogP) is 3.58. The lowest BCUT2D eigenvalue weighted by atomic mass is 10.0. The van der Waals surface area contributed by atoms with Gasteiger partial charge in [0.2, 0.25) is 5.91 Å². The maximum absolute atomic E-state index is 13.7. The first kappa shape index (κ1) is 18.8. The van der Waals surface area contributed by atoms with Crippen molar-refractivity contribution < 1.29 is 23.1 Å². The number of ether oxygens (including phenoxy) is 1. The summed E-state index contributed by atoms with van der Waals surface area (Å²) < 4.78 is 32.1. The van der Waals surface area contributed by atoms with Gasteiger partial charge in [-0.15, -0.1) is 0 Å². The highest BCUT2D eigenvalue weighted by Gasteiger charge is 2.34. The van der Waals surface area contributed by atoms with E-state index in [1.165, 1.54) is 12.8 Å². The molecule has 1 aliphatic rings. The molecule has 0 aromatic rings. The first-order valence-electron chi connectivity index (χ1n) is 8.28. The van der Waals surface area contributed by atoms with Crippen LogP contribution in [-0.2, 0) is 14.3 Å². The molecule has 1 amide bonds. The Morgan fingerprint density at radius 3 is 2.45 bits per heavy atom. The molecule has 128 valence electrons. The largest absolute Gasteiger partial charge is 0.464 e. The summed E-state index contributed by atoms with van der Waals surface area (Å²) in [5.41, 5.74) is 0. The molecule has 22 heavy (non-hydrogen) atoms. The molecule has 0 bridgehead atoms. The van der Waals surface area contributed by atoms with E-state index in [2.05, 4.69) is 17.0 Å². The number of amides is 1. The quantitative estimate of drug-likeness (QED) is 0.468. The van der Waals surface area contributed by atoms with E-state index in [0.29, 0.717) is 12.8 Å². The van der Waals surface area contributed by atoms with Crippen molar-refractivity contribution in [3.8, 4) is 0 Å². The first-order chi connectivity index (χ1) is 10.4. The fourth-order valence-electron chi connectivity index (χ4n) is 2.54. The molecule has 0 unspecified atom stereocenters. The van der Waals surface area contributed by atoms with Gasteiger partial charge in [-0.05, 0) is 6.42 Å². The molecule has 0 radical (unpaired) electrons. The van der Waals surface area contributed by atoms with Crippen molar-refractivity contribution in [3.05, 3.63) is 0 Å². The fraction of sp³-hybridized carbons (Fsp3) is 0.875. The van der Waals surface area contributed by atoms with Gasteiger partial charge in [0.15, 0.2) is 0 Å². The Bertz CT molecular complexity index is 361. The second-order valence-electron chi connectivity index (χ2n) is 5.98. The monoisotopic (exact) mass is 319 g/mol. The Morgan fingerprint density at radius 1 is 1.23 bits per heavy atom. The molecule has 1 atom stereocenters. The van der Waals surface area contributed by atoms with Crippen LogP contribution in [0.1, 0.15) is 71.1 Å². The van der Waals surface area contributed by atoms with Crippen molar-refractivity contribution in [2.45, 2.75) is 83.1 Å². The van der Waals surface area contributed by atoms with Gasteiger partial charge in [-0.2, -0.15) is 0 Å². The van der Waals surface area contributed by atoms with Gasteiger partial charge in [0.1, 0.15) is 6.04 Å². The average Bonchev–Trinajstić information content (AvgIpc) is 2.82. The Kier molecular flexibility index (Phi) is 8.35. The van der Waals surface area contributed by atoms with E-state index >= 15 is 0 Å². The van der Waals surface area contributed by atoms with E-state index in [0.717, 1.165) is 25.7 Å². The van der Waals surface area contributed by atoms with E-state index < -0.39 is 30.3 Å². The van der Waals surface area contributed by atoms with Crippen LogP contribution in [0, 0.1) is 0 Å². The topological polar surface area (TPSA) is 55.4 Å². The highest BCUT2D eigenvalue weighted by Crippen LogP contribution is 2.26. The molecule has 1 N–H and O–H groups in total.